The Morgan fingerprint density at radius 3 is 2.47 bits per heavy atom. The van der Waals surface area contributed by atoms with Crippen LogP contribution in [0.3, 0.4) is 0 Å². The number of amides is 4. The van der Waals surface area contributed by atoms with Crippen LogP contribution in [0.1, 0.15) is 10.4 Å². The topological polar surface area (TPSA) is 108 Å². The van der Waals surface area contributed by atoms with Crippen molar-refractivity contribution in [3.63, 3.8) is 0 Å². The second-order valence-corrected chi connectivity index (χ2v) is 7.03. The van der Waals surface area contributed by atoms with E-state index in [-0.39, 0.29) is 31.7 Å². The number of carbonyl (C=O) groups excluding carboxylic acids is 3. The summed E-state index contributed by atoms with van der Waals surface area (Å²) in [5, 5.41) is 5.81. The number of carbonyl (C=O) groups is 3. The third-order valence-electron chi connectivity index (χ3n) is 4.54. The van der Waals surface area contributed by atoms with Gasteiger partial charge in [0, 0.05) is 42.5 Å². The Hall–Kier alpha value is -3.17. The van der Waals surface area contributed by atoms with Gasteiger partial charge in [-0.1, -0.05) is 17.7 Å². The van der Waals surface area contributed by atoms with E-state index in [2.05, 4.69) is 10.6 Å². The average Bonchev–Trinajstić information content (AvgIpc) is 3.18. The summed E-state index contributed by atoms with van der Waals surface area (Å²) in [7, 11) is 0. The smallest absolute Gasteiger partial charge is 0.323 e. The second-order valence-electron chi connectivity index (χ2n) is 6.59. The highest BCUT2D eigenvalue weighted by molar-refractivity contribution is 6.30. The molecule has 0 radical (unpaired) electrons. The van der Waals surface area contributed by atoms with E-state index >= 15 is 0 Å². The van der Waals surface area contributed by atoms with Crippen molar-refractivity contribution < 1.29 is 18.8 Å². The first-order chi connectivity index (χ1) is 14.4. The molecule has 3 rings (SSSR count). The van der Waals surface area contributed by atoms with Crippen molar-refractivity contribution in [2.45, 2.75) is 6.17 Å². The van der Waals surface area contributed by atoms with Crippen LogP contribution in [-0.2, 0) is 4.79 Å². The lowest BCUT2D eigenvalue weighted by Crippen LogP contribution is -2.55. The van der Waals surface area contributed by atoms with Gasteiger partial charge in [-0.3, -0.25) is 14.5 Å². The second kappa shape index (κ2) is 9.55. The molecule has 0 bridgehead atoms. The molecule has 1 heterocycles. The lowest BCUT2D eigenvalue weighted by atomic mass is 10.2. The molecule has 30 heavy (non-hydrogen) atoms. The first-order valence-corrected chi connectivity index (χ1v) is 9.66. The van der Waals surface area contributed by atoms with Crippen LogP contribution < -0.4 is 16.4 Å². The number of hydrogen-bond donors (Lipinski definition) is 3. The van der Waals surface area contributed by atoms with Crippen molar-refractivity contribution in [1.29, 1.82) is 0 Å². The van der Waals surface area contributed by atoms with E-state index in [4.69, 9.17) is 17.3 Å². The molecule has 10 heteroatoms. The molecule has 0 aromatic heterocycles. The molecule has 1 unspecified atom stereocenters. The van der Waals surface area contributed by atoms with Gasteiger partial charge in [0.15, 0.2) is 6.17 Å². The minimum atomic E-state index is -1.19. The maximum atomic E-state index is 13.6. The van der Waals surface area contributed by atoms with Crippen molar-refractivity contribution in [2.24, 2.45) is 5.73 Å². The van der Waals surface area contributed by atoms with Gasteiger partial charge in [0.05, 0.1) is 0 Å². The zero-order valence-corrected chi connectivity index (χ0v) is 16.7. The molecule has 8 nitrogen and oxygen atoms in total. The summed E-state index contributed by atoms with van der Waals surface area (Å²) in [6.07, 6.45) is -1.19. The highest BCUT2D eigenvalue weighted by Crippen LogP contribution is 2.21. The zero-order chi connectivity index (χ0) is 21.7. The molecule has 1 saturated heterocycles. The molecule has 1 aliphatic rings. The molecule has 2 aromatic rings. The molecule has 0 saturated carbocycles. The lowest BCUT2D eigenvalue weighted by Gasteiger charge is -2.29. The molecule has 4 amide bonds. The van der Waals surface area contributed by atoms with Gasteiger partial charge in [-0.25, -0.2) is 9.18 Å². The highest BCUT2D eigenvalue weighted by atomic mass is 35.5. The van der Waals surface area contributed by atoms with Crippen molar-refractivity contribution in [3.8, 4) is 0 Å². The number of benzene rings is 2. The van der Waals surface area contributed by atoms with Crippen LogP contribution >= 0.6 is 11.6 Å². The van der Waals surface area contributed by atoms with Crippen molar-refractivity contribution in [1.82, 2.24) is 15.1 Å². The van der Waals surface area contributed by atoms with E-state index in [1.807, 2.05) is 0 Å². The summed E-state index contributed by atoms with van der Waals surface area (Å²) in [5.41, 5.74) is 6.02. The summed E-state index contributed by atoms with van der Waals surface area (Å²) in [6.45, 7) is 0.628. The van der Waals surface area contributed by atoms with Gasteiger partial charge >= 0.3 is 6.03 Å². The predicted molar refractivity (Wildman–Crippen MR) is 110 cm³/mol. The molecule has 4 N–H and O–H groups in total. The first kappa shape index (κ1) is 21.5. The van der Waals surface area contributed by atoms with E-state index in [0.717, 1.165) is 6.07 Å². The SMILES string of the molecule is NCCNC(=O)C1N(C(=O)Nc2ccc(Cl)cc2)CCN1C(=O)c1cccc(F)c1. The summed E-state index contributed by atoms with van der Waals surface area (Å²) in [4.78, 5) is 41.0. The van der Waals surface area contributed by atoms with Gasteiger partial charge in [-0.05, 0) is 42.5 Å². The molecule has 1 aliphatic heterocycles. The summed E-state index contributed by atoms with van der Waals surface area (Å²) in [5.74, 6) is -1.67. The maximum Gasteiger partial charge on any atom is 0.323 e. The van der Waals surface area contributed by atoms with Crippen molar-refractivity contribution >= 4 is 35.1 Å². The molecular formula is C20H21ClFN5O3. The standard InChI is InChI=1S/C20H21ClFN5O3/c21-14-4-6-16(7-5-14)25-20(30)27-11-10-26(18(27)17(28)24-9-8-23)19(29)13-2-1-3-15(22)12-13/h1-7,12,18H,8-11,23H2,(H,24,28)(H,25,30). The first-order valence-electron chi connectivity index (χ1n) is 9.28. The normalized spacial score (nSPS) is 15.8. The Morgan fingerprint density at radius 1 is 1.10 bits per heavy atom. The number of nitrogens with one attached hydrogen (secondary N) is 2. The number of rotatable bonds is 5. The van der Waals surface area contributed by atoms with Crippen LogP contribution in [-0.4, -0.2) is 60.0 Å². The van der Waals surface area contributed by atoms with E-state index in [1.165, 1.54) is 28.0 Å². The molecule has 0 aliphatic carbocycles. The Bertz CT molecular complexity index is 940. The van der Waals surface area contributed by atoms with Crippen molar-refractivity contribution in [3.05, 3.63) is 64.9 Å². The average molecular weight is 434 g/mol. The van der Waals surface area contributed by atoms with Gasteiger partial charge in [0.2, 0.25) is 0 Å². The molecular weight excluding hydrogens is 413 g/mol. The fourth-order valence-electron chi connectivity index (χ4n) is 3.14. The molecule has 1 atom stereocenters. The van der Waals surface area contributed by atoms with E-state index in [9.17, 15) is 18.8 Å². The summed E-state index contributed by atoms with van der Waals surface area (Å²) >= 11 is 5.85. The third-order valence-corrected chi connectivity index (χ3v) is 4.79. The highest BCUT2D eigenvalue weighted by Gasteiger charge is 2.42. The summed E-state index contributed by atoms with van der Waals surface area (Å²) in [6, 6.07) is 11.1. The Morgan fingerprint density at radius 2 is 1.80 bits per heavy atom. The molecule has 2 aromatic carbocycles. The van der Waals surface area contributed by atoms with Crippen molar-refractivity contribution in [2.75, 3.05) is 31.5 Å². The van der Waals surface area contributed by atoms with Crippen LogP contribution in [0.25, 0.3) is 0 Å². The fourth-order valence-corrected chi connectivity index (χ4v) is 3.27. The largest absolute Gasteiger partial charge is 0.351 e. The van der Waals surface area contributed by atoms with Gasteiger partial charge in [-0.2, -0.15) is 0 Å². The van der Waals surface area contributed by atoms with E-state index in [0.29, 0.717) is 10.7 Å². The monoisotopic (exact) mass is 433 g/mol. The molecule has 158 valence electrons. The summed E-state index contributed by atoms with van der Waals surface area (Å²) < 4.78 is 13.6. The minimum Gasteiger partial charge on any atom is -0.351 e. The van der Waals surface area contributed by atoms with Crippen LogP contribution in [0.5, 0.6) is 0 Å². The molecule has 0 spiro atoms. The van der Waals surface area contributed by atoms with Crippen LogP contribution in [0, 0.1) is 5.82 Å². The Labute approximate surface area is 177 Å². The number of nitrogens with zero attached hydrogens (tertiary/aromatic N) is 2. The Balaban J connectivity index is 1.83. The van der Waals surface area contributed by atoms with Gasteiger partial charge < -0.3 is 21.3 Å². The van der Waals surface area contributed by atoms with Crippen LogP contribution in [0.2, 0.25) is 5.02 Å². The third kappa shape index (κ3) is 4.87. The maximum absolute atomic E-state index is 13.6. The van der Waals surface area contributed by atoms with Gasteiger partial charge in [-0.15, -0.1) is 0 Å². The van der Waals surface area contributed by atoms with E-state index in [1.54, 1.807) is 24.3 Å². The Kier molecular flexibility index (Phi) is 6.86. The lowest BCUT2D eigenvalue weighted by molar-refractivity contribution is -0.127. The van der Waals surface area contributed by atoms with Gasteiger partial charge in [0.25, 0.3) is 11.8 Å². The van der Waals surface area contributed by atoms with Gasteiger partial charge in [0.1, 0.15) is 5.82 Å². The number of anilines is 1. The number of hydrogen-bond acceptors (Lipinski definition) is 4. The molecule has 1 fully saturated rings. The number of urea groups is 1. The van der Waals surface area contributed by atoms with E-state index < -0.39 is 29.8 Å². The quantitative estimate of drug-likeness (QED) is 0.669. The van der Waals surface area contributed by atoms with Crippen LogP contribution in [0.15, 0.2) is 48.5 Å². The zero-order valence-electron chi connectivity index (χ0n) is 16.0. The fraction of sp³-hybridized carbons (Fsp3) is 0.250. The number of halogens is 2. The van der Waals surface area contributed by atoms with Crippen LogP contribution in [0.4, 0.5) is 14.9 Å². The number of nitrogens with two attached hydrogens (primary N) is 1. The predicted octanol–water partition coefficient (Wildman–Crippen LogP) is 1.87. The minimum absolute atomic E-state index is 0.0894.